The largest absolute Gasteiger partial charge is 0.467 e. The summed E-state index contributed by atoms with van der Waals surface area (Å²) in [4.78, 5) is 23.8. The van der Waals surface area contributed by atoms with Crippen LogP contribution in [-0.4, -0.2) is 35.6 Å². The average molecular weight is 383 g/mol. The van der Waals surface area contributed by atoms with E-state index in [9.17, 15) is 4.79 Å². The quantitative estimate of drug-likeness (QED) is 0.816. The maximum absolute atomic E-state index is 12.4. The maximum atomic E-state index is 12.4. The van der Waals surface area contributed by atoms with Gasteiger partial charge in [0.25, 0.3) is 5.91 Å². The van der Waals surface area contributed by atoms with Gasteiger partial charge in [-0.3, -0.25) is 4.79 Å². The molecule has 6 heteroatoms. The predicted molar refractivity (Wildman–Crippen MR) is 112 cm³/mol. The molecule has 1 amide bonds. The van der Waals surface area contributed by atoms with Gasteiger partial charge in [0.05, 0.1) is 0 Å². The van der Waals surface area contributed by atoms with Crippen LogP contribution < -0.4 is 15.0 Å². The summed E-state index contributed by atoms with van der Waals surface area (Å²) in [7, 11) is 0. The fraction of sp³-hybridized carbons (Fsp3) is 0.500. The van der Waals surface area contributed by atoms with Crippen LogP contribution in [0, 0.1) is 13.8 Å². The van der Waals surface area contributed by atoms with E-state index in [2.05, 4.69) is 27.1 Å². The number of aromatic nitrogens is 2. The second-order valence-electron chi connectivity index (χ2n) is 7.35. The third-order valence-electron chi connectivity index (χ3n) is 5.06. The molecule has 1 saturated heterocycles. The normalized spacial score (nSPS) is 14.5. The Balaban J connectivity index is 1.65. The Morgan fingerprint density at radius 2 is 1.89 bits per heavy atom. The van der Waals surface area contributed by atoms with E-state index in [0.717, 1.165) is 54.9 Å². The first-order valence-electron chi connectivity index (χ1n) is 10.2. The first-order chi connectivity index (χ1) is 13.6. The number of amides is 1. The van der Waals surface area contributed by atoms with Crippen LogP contribution in [0.3, 0.4) is 0 Å². The van der Waals surface area contributed by atoms with E-state index in [-0.39, 0.29) is 12.5 Å². The summed E-state index contributed by atoms with van der Waals surface area (Å²) in [6.45, 7) is 7.86. The molecule has 0 atom stereocenters. The lowest BCUT2D eigenvalue weighted by atomic mass is 10.1. The Hall–Kier alpha value is -2.63. The molecule has 0 saturated carbocycles. The number of aryl methyl sites for hydroxylation is 3. The summed E-state index contributed by atoms with van der Waals surface area (Å²) in [5.41, 5.74) is 3.89. The molecular weight excluding hydrogens is 352 g/mol. The van der Waals surface area contributed by atoms with Crippen LogP contribution in [0.15, 0.2) is 24.3 Å². The molecule has 0 aliphatic carbocycles. The van der Waals surface area contributed by atoms with Gasteiger partial charge >= 0.3 is 0 Å². The fourth-order valence-corrected chi connectivity index (χ4v) is 3.53. The van der Waals surface area contributed by atoms with Gasteiger partial charge in [-0.15, -0.1) is 0 Å². The first kappa shape index (κ1) is 20.1. The highest BCUT2D eigenvalue weighted by Crippen LogP contribution is 2.22. The van der Waals surface area contributed by atoms with Gasteiger partial charge < -0.3 is 15.0 Å². The van der Waals surface area contributed by atoms with E-state index in [4.69, 9.17) is 4.74 Å². The molecule has 0 spiro atoms. The van der Waals surface area contributed by atoms with E-state index >= 15 is 0 Å². The van der Waals surface area contributed by atoms with Crippen molar-refractivity contribution in [3.05, 3.63) is 41.1 Å². The van der Waals surface area contributed by atoms with Gasteiger partial charge in [-0.2, -0.15) is 4.98 Å². The second-order valence-corrected chi connectivity index (χ2v) is 7.35. The molecule has 2 heterocycles. The van der Waals surface area contributed by atoms with Gasteiger partial charge in [0.15, 0.2) is 6.61 Å². The highest BCUT2D eigenvalue weighted by atomic mass is 16.5. The molecule has 6 nitrogen and oxygen atoms in total. The minimum atomic E-state index is -0.184. The van der Waals surface area contributed by atoms with Crippen molar-refractivity contribution in [3.63, 3.8) is 0 Å². The van der Waals surface area contributed by atoms with Crippen molar-refractivity contribution in [2.45, 2.75) is 52.9 Å². The lowest BCUT2D eigenvalue weighted by molar-refractivity contribution is -0.118. The number of anilines is 2. The number of rotatable bonds is 6. The highest BCUT2D eigenvalue weighted by molar-refractivity contribution is 5.93. The van der Waals surface area contributed by atoms with Crippen LogP contribution in [0.25, 0.3) is 0 Å². The van der Waals surface area contributed by atoms with Gasteiger partial charge in [-0.1, -0.05) is 38.0 Å². The van der Waals surface area contributed by atoms with Gasteiger partial charge in [0, 0.05) is 30.5 Å². The Morgan fingerprint density at radius 3 is 2.61 bits per heavy atom. The summed E-state index contributed by atoms with van der Waals surface area (Å²) >= 11 is 0. The number of ether oxygens (including phenoxy) is 1. The zero-order valence-corrected chi connectivity index (χ0v) is 17.1. The average Bonchev–Trinajstić information content (AvgIpc) is 2.97. The monoisotopic (exact) mass is 382 g/mol. The third-order valence-corrected chi connectivity index (χ3v) is 5.06. The predicted octanol–water partition coefficient (Wildman–Crippen LogP) is 4.05. The molecule has 1 N–H and O–H groups in total. The molecule has 1 aromatic carbocycles. The zero-order valence-electron chi connectivity index (χ0n) is 17.1. The summed E-state index contributed by atoms with van der Waals surface area (Å²) in [6, 6.07) is 7.82. The standard InChI is InChI=1S/C22H30N4O2/c1-4-18-11-9-10-16(2)21(18)24-19(27)15-28-20-14-17(3)23-22(25-20)26-12-7-5-6-8-13-26/h9-11,14H,4-8,12-13,15H2,1-3H3,(H,24,27). The smallest absolute Gasteiger partial charge is 0.262 e. The fourth-order valence-electron chi connectivity index (χ4n) is 3.53. The maximum Gasteiger partial charge on any atom is 0.262 e. The molecule has 3 rings (SSSR count). The number of nitrogens with zero attached hydrogens (tertiary/aromatic N) is 3. The summed E-state index contributed by atoms with van der Waals surface area (Å²) < 4.78 is 5.71. The van der Waals surface area contributed by atoms with Crippen LogP contribution in [0.2, 0.25) is 0 Å². The number of para-hydroxylation sites is 1. The number of nitrogens with one attached hydrogen (secondary N) is 1. The summed E-state index contributed by atoms with van der Waals surface area (Å²) in [5.74, 6) is 0.962. The molecule has 1 aliphatic rings. The van der Waals surface area contributed by atoms with Crippen molar-refractivity contribution in [3.8, 4) is 5.88 Å². The Bertz CT molecular complexity index is 814. The number of hydrogen-bond acceptors (Lipinski definition) is 5. The number of hydrogen-bond donors (Lipinski definition) is 1. The van der Waals surface area contributed by atoms with E-state index < -0.39 is 0 Å². The third kappa shape index (κ3) is 5.21. The lowest BCUT2D eigenvalue weighted by Gasteiger charge is -2.21. The van der Waals surface area contributed by atoms with Crippen molar-refractivity contribution in [2.24, 2.45) is 0 Å². The summed E-state index contributed by atoms with van der Waals surface area (Å²) in [5, 5.41) is 2.98. The lowest BCUT2D eigenvalue weighted by Crippen LogP contribution is -2.27. The van der Waals surface area contributed by atoms with Crippen molar-refractivity contribution in [2.75, 3.05) is 29.9 Å². The number of carbonyl (C=O) groups excluding carboxylic acids is 1. The first-order valence-corrected chi connectivity index (χ1v) is 10.2. The molecule has 1 fully saturated rings. The molecule has 1 aliphatic heterocycles. The zero-order chi connectivity index (χ0) is 19.9. The Labute approximate surface area is 167 Å². The number of carbonyl (C=O) groups is 1. The Morgan fingerprint density at radius 1 is 1.14 bits per heavy atom. The highest BCUT2D eigenvalue weighted by Gasteiger charge is 2.15. The minimum Gasteiger partial charge on any atom is -0.467 e. The van der Waals surface area contributed by atoms with Crippen molar-refractivity contribution < 1.29 is 9.53 Å². The summed E-state index contributed by atoms with van der Waals surface area (Å²) in [6.07, 6.45) is 5.69. The van der Waals surface area contributed by atoms with Crippen LogP contribution >= 0.6 is 0 Å². The van der Waals surface area contributed by atoms with E-state index in [1.165, 1.54) is 12.8 Å². The van der Waals surface area contributed by atoms with Crippen LogP contribution in [0.4, 0.5) is 11.6 Å². The van der Waals surface area contributed by atoms with Gasteiger partial charge in [-0.25, -0.2) is 4.98 Å². The van der Waals surface area contributed by atoms with Crippen molar-refractivity contribution >= 4 is 17.5 Å². The van der Waals surface area contributed by atoms with Gasteiger partial charge in [-0.05, 0) is 44.2 Å². The van der Waals surface area contributed by atoms with Crippen molar-refractivity contribution in [1.29, 1.82) is 0 Å². The Kier molecular flexibility index (Phi) is 6.85. The van der Waals surface area contributed by atoms with Gasteiger partial charge in [0.1, 0.15) is 0 Å². The van der Waals surface area contributed by atoms with E-state index in [0.29, 0.717) is 11.8 Å². The van der Waals surface area contributed by atoms with E-state index in [1.54, 1.807) is 6.07 Å². The van der Waals surface area contributed by atoms with Crippen LogP contribution in [0.5, 0.6) is 5.88 Å². The molecule has 28 heavy (non-hydrogen) atoms. The number of benzene rings is 1. The van der Waals surface area contributed by atoms with Crippen molar-refractivity contribution in [1.82, 2.24) is 9.97 Å². The molecule has 0 bridgehead atoms. The molecule has 0 unspecified atom stereocenters. The molecule has 150 valence electrons. The molecule has 0 radical (unpaired) electrons. The van der Waals surface area contributed by atoms with Gasteiger partial charge in [0.2, 0.25) is 11.8 Å². The molecule has 2 aromatic rings. The van der Waals surface area contributed by atoms with Crippen LogP contribution in [-0.2, 0) is 11.2 Å². The second kappa shape index (κ2) is 9.53. The topological polar surface area (TPSA) is 67.3 Å². The minimum absolute atomic E-state index is 0.0760. The SMILES string of the molecule is CCc1cccc(C)c1NC(=O)COc1cc(C)nc(N2CCCCCC2)n1. The van der Waals surface area contributed by atoms with E-state index in [1.807, 2.05) is 32.0 Å². The molecular formula is C22H30N4O2. The molecule has 1 aromatic heterocycles. The van der Waals surface area contributed by atoms with Crippen LogP contribution in [0.1, 0.15) is 49.4 Å².